The Balaban J connectivity index is 2.64. The first-order valence-electron chi connectivity index (χ1n) is 5.26. The minimum atomic E-state index is 0.336. The lowest BCUT2D eigenvalue weighted by molar-refractivity contribution is -0.644. The number of hydrogen-bond acceptors (Lipinski definition) is 1. The maximum Gasteiger partial charge on any atom is 0.220 e. The molecule has 2 aromatic carbocycles. The molecule has 0 bridgehead atoms. The summed E-state index contributed by atoms with van der Waals surface area (Å²) in [6.07, 6.45) is 2.02. The van der Waals surface area contributed by atoms with Crippen molar-refractivity contribution in [3.63, 3.8) is 0 Å². The third-order valence-corrected chi connectivity index (χ3v) is 2.98. The van der Waals surface area contributed by atoms with E-state index in [1.807, 2.05) is 43.6 Å². The van der Waals surface area contributed by atoms with E-state index in [1.165, 1.54) is 5.39 Å². The second kappa shape index (κ2) is 3.20. The van der Waals surface area contributed by atoms with Crippen LogP contribution in [0.5, 0.6) is 5.75 Å². The molecule has 16 heavy (non-hydrogen) atoms. The zero-order chi connectivity index (χ0) is 11.1. The van der Waals surface area contributed by atoms with Crippen molar-refractivity contribution < 1.29 is 9.67 Å². The van der Waals surface area contributed by atoms with E-state index in [2.05, 4.69) is 10.6 Å². The van der Waals surface area contributed by atoms with Crippen molar-refractivity contribution in [1.82, 2.24) is 0 Å². The molecular weight excluding hydrogens is 198 g/mol. The molecule has 0 aliphatic heterocycles. The van der Waals surface area contributed by atoms with Crippen LogP contribution in [0.1, 0.15) is 0 Å². The molecule has 0 atom stereocenters. The van der Waals surface area contributed by atoms with Gasteiger partial charge in [-0.25, -0.2) is 4.57 Å². The molecule has 3 rings (SSSR count). The molecule has 0 radical (unpaired) electrons. The summed E-state index contributed by atoms with van der Waals surface area (Å²) >= 11 is 0. The molecule has 1 N–H and O–H groups in total. The number of aromatic hydroxyl groups is 1. The first-order valence-corrected chi connectivity index (χ1v) is 5.26. The van der Waals surface area contributed by atoms with Crippen molar-refractivity contribution in [2.75, 3.05) is 0 Å². The third kappa shape index (κ3) is 1.16. The second-order valence-corrected chi connectivity index (χ2v) is 3.99. The van der Waals surface area contributed by atoms with Gasteiger partial charge in [0.2, 0.25) is 5.52 Å². The number of pyridine rings is 1. The van der Waals surface area contributed by atoms with Crippen molar-refractivity contribution in [3.05, 3.63) is 48.7 Å². The predicted molar refractivity (Wildman–Crippen MR) is 64.3 cm³/mol. The van der Waals surface area contributed by atoms with Gasteiger partial charge >= 0.3 is 0 Å². The van der Waals surface area contributed by atoms with Crippen LogP contribution in [-0.4, -0.2) is 5.11 Å². The lowest BCUT2D eigenvalue weighted by Gasteiger charge is -2.03. The Morgan fingerprint density at radius 3 is 2.69 bits per heavy atom. The van der Waals surface area contributed by atoms with Crippen LogP contribution >= 0.6 is 0 Å². The number of aromatic nitrogens is 1. The molecule has 1 aromatic heterocycles. The molecule has 3 aromatic rings. The summed E-state index contributed by atoms with van der Waals surface area (Å²) in [5.74, 6) is 0.336. The fraction of sp³-hybridized carbons (Fsp3) is 0.0714. The average molecular weight is 210 g/mol. The van der Waals surface area contributed by atoms with Crippen LogP contribution in [0.2, 0.25) is 0 Å². The normalized spacial score (nSPS) is 11.1. The second-order valence-electron chi connectivity index (χ2n) is 3.99. The van der Waals surface area contributed by atoms with Gasteiger partial charge in [0.05, 0.1) is 5.39 Å². The molecule has 0 saturated carbocycles. The summed E-state index contributed by atoms with van der Waals surface area (Å²) in [7, 11) is 2.02. The maximum atomic E-state index is 9.81. The Bertz CT molecular complexity index is 689. The largest absolute Gasteiger partial charge is 0.507 e. The van der Waals surface area contributed by atoms with E-state index < -0.39 is 0 Å². The summed E-state index contributed by atoms with van der Waals surface area (Å²) in [5, 5.41) is 13.0. The molecule has 0 unspecified atom stereocenters. The Kier molecular flexibility index (Phi) is 1.83. The molecule has 0 spiro atoms. The predicted octanol–water partition coefficient (Wildman–Crippen LogP) is 2.52. The SMILES string of the molecule is C[n+]1cccc2ccc3c(O)cccc3c21. The van der Waals surface area contributed by atoms with E-state index in [1.54, 1.807) is 6.07 Å². The van der Waals surface area contributed by atoms with E-state index in [-0.39, 0.29) is 0 Å². The minimum absolute atomic E-state index is 0.336. The Morgan fingerprint density at radius 1 is 0.938 bits per heavy atom. The van der Waals surface area contributed by atoms with Gasteiger partial charge in [0.25, 0.3) is 0 Å². The van der Waals surface area contributed by atoms with E-state index in [0.29, 0.717) is 5.75 Å². The molecular formula is C14H12NO+. The van der Waals surface area contributed by atoms with Crippen molar-refractivity contribution in [2.24, 2.45) is 7.05 Å². The Hall–Kier alpha value is -2.09. The number of aryl methyl sites for hydroxylation is 1. The van der Waals surface area contributed by atoms with Gasteiger partial charge in [-0.15, -0.1) is 0 Å². The maximum absolute atomic E-state index is 9.81. The molecule has 0 saturated heterocycles. The molecule has 2 heteroatoms. The van der Waals surface area contributed by atoms with Crippen molar-refractivity contribution >= 4 is 21.7 Å². The summed E-state index contributed by atoms with van der Waals surface area (Å²) in [4.78, 5) is 0. The summed E-state index contributed by atoms with van der Waals surface area (Å²) in [6.45, 7) is 0. The fourth-order valence-electron chi connectivity index (χ4n) is 2.22. The van der Waals surface area contributed by atoms with Gasteiger partial charge in [0.1, 0.15) is 12.8 Å². The number of phenolic OH excluding ortho intramolecular Hbond substituents is 1. The highest BCUT2D eigenvalue weighted by molar-refractivity contribution is 6.05. The Morgan fingerprint density at radius 2 is 1.81 bits per heavy atom. The van der Waals surface area contributed by atoms with Crippen LogP contribution < -0.4 is 4.57 Å². The summed E-state index contributed by atoms with van der Waals surface area (Å²) < 4.78 is 2.08. The summed E-state index contributed by atoms with van der Waals surface area (Å²) in [5.41, 5.74) is 1.15. The molecule has 0 aliphatic rings. The van der Waals surface area contributed by atoms with Gasteiger partial charge in [-0.3, -0.25) is 0 Å². The number of fused-ring (bicyclic) bond motifs is 3. The highest BCUT2D eigenvalue weighted by Gasteiger charge is 2.10. The standard InChI is InChI=1S/C14H11NO/c1-15-9-3-4-10-7-8-11-12(14(10)15)5-2-6-13(11)16/h2-9H,1H3/p+1. The Labute approximate surface area is 93.4 Å². The van der Waals surface area contributed by atoms with Gasteiger partial charge in [-0.05, 0) is 30.3 Å². The molecule has 0 fully saturated rings. The molecule has 1 heterocycles. The number of rotatable bonds is 0. The third-order valence-electron chi connectivity index (χ3n) is 2.98. The highest BCUT2D eigenvalue weighted by atomic mass is 16.3. The first kappa shape index (κ1) is 9.16. The molecule has 78 valence electrons. The van der Waals surface area contributed by atoms with Crippen LogP contribution in [0, 0.1) is 0 Å². The van der Waals surface area contributed by atoms with Gasteiger partial charge in [0.15, 0.2) is 6.20 Å². The highest BCUT2D eigenvalue weighted by Crippen LogP contribution is 2.28. The van der Waals surface area contributed by atoms with Gasteiger partial charge in [-0.1, -0.05) is 6.07 Å². The lowest BCUT2D eigenvalue weighted by Crippen LogP contribution is -2.28. The van der Waals surface area contributed by atoms with Gasteiger partial charge in [-0.2, -0.15) is 0 Å². The van der Waals surface area contributed by atoms with Crippen LogP contribution in [0.25, 0.3) is 21.7 Å². The zero-order valence-electron chi connectivity index (χ0n) is 9.01. The molecule has 0 aliphatic carbocycles. The van der Waals surface area contributed by atoms with Crippen molar-refractivity contribution in [1.29, 1.82) is 0 Å². The number of phenols is 1. The topological polar surface area (TPSA) is 24.1 Å². The number of benzene rings is 2. The van der Waals surface area contributed by atoms with Crippen LogP contribution in [0.4, 0.5) is 0 Å². The van der Waals surface area contributed by atoms with E-state index in [9.17, 15) is 5.11 Å². The summed E-state index contributed by atoms with van der Waals surface area (Å²) in [6, 6.07) is 13.7. The average Bonchev–Trinajstić information content (AvgIpc) is 2.29. The van der Waals surface area contributed by atoms with Crippen LogP contribution in [-0.2, 0) is 7.05 Å². The van der Waals surface area contributed by atoms with Gasteiger partial charge in [0, 0.05) is 16.8 Å². The minimum Gasteiger partial charge on any atom is -0.507 e. The number of nitrogens with zero attached hydrogens (tertiary/aromatic N) is 1. The van der Waals surface area contributed by atoms with Crippen molar-refractivity contribution in [3.8, 4) is 5.75 Å². The lowest BCUT2D eigenvalue weighted by atomic mass is 10.1. The van der Waals surface area contributed by atoms with E-state index >= 15 is 0 Å². The van der Waals surface area contributed by atoms with E-state index in [4.69, 9.17) is 0 Å². The van der Waals surface area contributed by atoms with Crippen LogP contribution in [0.15, 0.2) is 48.7 Å². The molecule has 2 nitrogen and oxygen atoms in total. The monoisotopic (exact) mass is 210 g/mol. The van der Waals surface area contributed by atoms with E-state index in [0.717, 1.165) is 16.3 Å². The fourth-order valence-corrected chi connectivity index (χ4v) is 2.22. The number of hydrogen-bond donors (Lipinski definition) is 1. The quantitative estimate of drug-likeness (QED) is 0.447. The zero-order valence-corrected chi connectivity index (χ0v) is 9.01. The molecule has 0 amide bonds. The van der Waals surface area contributed by atoms with Crippen molar-refractivity contribution in [2.45, 2.75) is 0 Å². The smallest absolute Gasteiger partial charge is 0.220 e. The van der Waals surface area contributed by atoms with Gasteiger partial charge < -0.3 is 5.11 Å². The first-order chi connectivity index (χ1) is 7.77. The van der Waals surface area contributed by atoms with Crippen LogP contribution in [0.3, 0.4) is 0 Å².